The molecule has 25 heavy (non-hydrogen) atoms. The van der Waals surface area contributed by atoms with Gasteiger partial charge in [-0.3, -0.25) is 4.79 Å². The van der Waals surface area contributed by atoms with Gasteiger partial charge in [-0.1, -0.05) is 26.8 Å². The van der Waals surface area contributed by atoms with Crippen LogP contribution in [-0.4, -0.2) is 23.5 Å². The van der Waals surface area contributed by atoms with Crippen LogP contribution >= 0.6 is 0 Å². The van der Waals surface area contributed by atoms with Gasteiger partial charge in [-0.05, 0) is 30.0 Å². The molecular formula is C19H23NO5. The van der Waals surface area contributed by atoms with Crippen LogP contribution in [0.3, 0.4) is 0 Å². The lowest BCUT2D eigenvalue weighted by atomic mass is 9.86. The minimum atomic E-state index is -1.29. The van der Waals surface area contributed by atoms with Gasteiger partial charge in [0, 0.05) is 31.3 Å². The first-order chi connectivity index (χ1) is 11.4. The fourth-order valence-corrected chi connectivity index (χ4v) is 2.37. The highest BCUT2D eigenvalue weighted by atomic mass is 16.7. The Balaban J connectivity index is 2.37. The molecule has 134 valence electrons. The van der Waals surface area contributed by atoms with Crippen molar-refractivity contribution in [2.45, 2.75) is 52.7 Å². The third-order valence-electron chi connectivity index (χ3n) is 3.75. The summed E-state index contributed by atoms with van der Waals surface area (Å²) in [4.78, 5) is 35.8. The minimum absolute atomic E-state index is 0.119. The van der Waals surface area contributed by atoms with E-state index in [4.69, 9.17) is 9.47 Å². The Morgan fingerprint density at radius 2 is 1.68 bits per heavy atom. The Labute approximate surface area is 147 Å². The van der Waals surface area contributed by atoms with Gasteiger partial charge in [0.1, 0.15) is 0 Å². The SMILES string of the molecule is CC(=O)c1ccc(C(C)(C)C)cc1NC=C1C(=O)OC(C)(C)OC1=O. The number of cyclic esters (lactones) is 2. The highest BCUT2D eigenvalue weighted by molar-refractivity contribution is 6.15. The van der Waals surface area contributed by atoms with Crippen molar-refractivity contribution in [1.82, 2.24) is 0 Å². The topological polar surface area (TPSA) is 81.7 Å². The maximum absolute atomic E-state index is 12.0. The van der Waals surface area contributed by atoms with Crippen molar-refractivity contribution in [1.29, 1.82) is 0 Å². The van der Waals surface area contributed by atoms with Crippen LogP contribution in [0.5, 0.6) is 0 Å². The number of ketones is 1. The Hall–Kier alpha value is -2.63. The molecule has 0 radical (unpaired) electrons. The maximum Gasteiger partial charge on any atom is 0.350 e. The lowest BCUT2D eigenvalue weighted by molar-refractivity contribution is -0.222. The Morgan fingerprint density at radius 3 is 2.16 bits per heavy atom. The third kappa shape index (κ3) is 4.26. The molecule has 0 atom stereocenters. The number of benzene rings is 1. The van der Waals surface area contributed by atoms with Gasteiger partial charge in [-0.25, -0.2) is 9.59 Å². The molecule has 2 rings (SSSR count). The highest BCUT2D eigenvalue weighted by Crippen LogP contribution is 2.28. The van der Waals surface area contributed by atoms with Crippen molar-refractivity contribution in [3.63, 3.8) is 0 Å². The molecule has 1 aliphatic rings. The monoisotopic (exact) mass is 345 g/mol. The number of esters is 2. The number of anilines is 1. The number of hydrogen-bond donors (Lipinski definition) is 1. The Bertz CT molecular complexity index is 747. The molecule has 1 aromatic rings. The van der Waals surface area contributed by atoms with Gasteiger partial charge >= 0.3 is 11.9 Å². The van der Waals surface area contributed by atoms with E-state index in [2.05, 4.69) is 26.1 Å². The van der Waals surface area contributed by atoms with E-state index in [1.807, 2.05) is 12.1 Å². The van der Waals surface area contributed by atoms with E-state index in [1.54, 1.807) is 6.07 Å². The molecule has 6 nitrogen and oxygen atoms in total. The summed E-state index contributed by atoms with van der Waals surface area (Å²) in [5, 5.41) is 2.88. The van der Waals surface area contributed by atoms with Crippen LogP contribution < -0.4 is 5.32 Å². The first-order valence-corrected chi connectivity index (χ1v) is 7.99. The molecular weight excluding hydrogens is 322 g/mol. The average molecular weight is 345 g/mol. The van der Waals surface area contributed by atoms with Gasteiger partial charge in [0.15, 0.2) is 11.4 Å². The molecule has 0 aromatic heterocycles. The van der Waals surface area contributed by atoms with Crippen molar-refractivity contribution >= 4 is 23.4 Å². The van der Waals surface area contributed by atoms with E-state index in [-0.39, 0.29) is 16.8 Å². The van der Waals surface area contributed by atoms with E-state index in [1.165, 1.54) is 27.0 Å². The molecule has 0 saturated carbocycles. The van der Waals surface area contributed by atoms with Crippen LogP contribution in [0, 0.1) is 0 Å². The van der Waals surface area contributed by atoms with E-state index < -0.39 is 17.7 Å². The van der Waals surface area contributed by atoms with Crippen LogP contribution in [0.15, 0.2) is 30.0 Å². The predicted molar refractivity (Wildman–Crippen MR) is 93.1 cm³/mol. The number of hydrogen-bond acceptors (Lipinski definition) is 6. The maximum atomic E-state index is 12.0. The fraction of sp³-hybridized carbons (Fsp3) is 0.421. The van der Waals surface area contributed by atoms with Crippen molar-refractivity contribution in [2.75, 3.05) is 5.32 Å². The van der Waals surface area contributed by atoms with Gasteiger partial charge in [0.25, 0.3) is 5.79 Å². The largest absolute Gasteiger partial charge is 0.419 e. The smallest absolute Gasteiger partial charge is 0.350 e. The quantitative estimate of drug-likeness (QED) is 0.392. The zero-order valence-corrected chi connectivity index (χ0v) is 15.4. The summed E-state index contributed by atoms with van der Waals surface area (Å²) in [5.41, 5.74) is 1.61. The van der Waals surface area contributed by atoms with Gasteiger partial charge < -0.3 is 14.8 Å². The minimum Gasteiger partial charge on any atom is -0.419 e. The molecule has 0 aliphatic carbocycles. The second-order valence-electron chi connectivity index (χ2n) is 7.45. The van der Waals surface area contributed by atoms with Crippen molar-refractivity contribution < 1.29 is 23.9 Å². The van der Waals surface area contributed by atoms with Crippen molar-refractivity contribution in [2.24, 2.45) is 0 Å². The van der Waals surface area contributed by atoms with Crippen LogP contribution in [0.25, 0.3) is 0 Å². The second kappa shape index (κ2) is 6.35. The molecule has 0 spiro atoms. The van der Waals surface area contributed by atoms with E-state index in [0.717, 1.165) is 5.56 Å². The van der Waals surface area contributed by atoms with E-state index >= 15 is 0 Å². The molecule has 0 unspecified atom stereocenters. The van der Waals surface area contributed by atoms with E-state index in [9.17, 15) is 14.4 Å². The fourth-order valence-electron chi connectivity index (χ4n) is 2.37. The predicted octanol–water partition coefficient (Wildman–Crippen LogP) is 3.32. The second-order valence-corrected chi connectivity index (χ2v) is 7.45. The number of Topliss-reactive ketones (excluding diaryl/α,β-unsaturated/α-hetero) is 1. The summed E-state index contributed by atoms with van der Waals surface area (Å²) in [7, 11) is 0. The molecule has 1 aliphatic heterocycles. The van der Waals surface area contributed by atoms with Gasteiger partial charge in [0.2, 0.25) is 0 Å². The lowest BCUT2D eigenvalue weighted by Gasteiger charge is -2.29. The zero-order chi connectivity index (χ0) is 19.0. The molecule has 1 aromatic carbocycles. The summed E-state index contributed by atoms with van der Waals surface area (Å²) < 4.78 is 10.1. The summed E-state index contributed by atoms with van der Waals surface area (Å²) in [6.45, 7) is 10.6. The molecule has 1 N–H and O–H groups in total. The molecule has 1 fully saturated rings. The van der Waals surface area contributed by atoms with Gasteiger partial charge in [-0.2, -0.15) is 0 Å². The average Bonchev–Trinajstić information content (AvgIpc) is 2.43. The molecule has 0 bridgehead atoms. The number of ether oxygens (including phenoxy) is 2. The number of nitrogens with one attached hydrogen (secondary N) is 1. The van der Waals surface area contributed by atoms with Crippen molar-refractivity contribution in [3.05, 3.63) is 41.1 Å². The van der Waals surface area contributed by atoms with Crippen LogP contribution in [0.1, 0.15) is 57.5 Å². The summed E-state index contributed by atoms with van der Waals surface area (Å²) in [5.74, 6) is -2.96. The molecule has 1 saturated heterocycles. The first-order valence-electron chi connectivity index (χ1n) is 7.99. The van der Waals surface area contributed by atoms with Crippen LogP contribution in [0.2, 0.25) is 0 Å². The normalized spacial score (nSPS) is 16.8. The number of carbonyl (C=O) groups excluding carboxylic acids is 3. The lowest BCUT2D eigenvalue weighted by Crippen LogP contribution is -2.42. The van der Waals surface area contributed by atoms with Crippen LogP contribution in [-0.2, 0) is 24.5 Å². The van der Waals surface area contributed by atoms with Crippen molar-refractivity contribution in [3.8, 4) is 0 Å². The summed E-state index contributed by atoms with van der Waals surface area (Å²) in [6, 6.07) is 5.45. The molecule has 1 heterocycles. The summed E-state index contributed by atoms with van der Waals surface area (Å²) in [6.07, 6.45) is 1.22. The number of carbonyl (C=O) groups is 3. The first kappa shape index (κ1) is 18.7. The van der Waals surface area contributed by atoms with Gasteiger partial charge in [-0.15, -0.1) is 0 Å². The Kier molecular flexibility index (Phi) is 4.75. The molecule has 0 amide bonds. The van der Waals surface area contributed by atoms with Gasteiger partial charge in [0.05, 0.1) is 0 Å². The third-order valence-corrected chi connectivity index (χ3v) is 3.75. The Morgan fingerprint density at radius 1 is 1.12 bits per heavy atom. The molecule has 6 heteroatoms. The highest BCUT2D eigenvalue weighted by Gasteiger charge is 2.39. The van der Waals surface area contributed by atoms with E-state index in [0.29, 0.717) is 11.3 Å². The van der Waals surface area contributed by atoms with Crippen LogP contribution in [0.4, 0.5) is 5.69 Å². The number of rotatable bonds is 3. The zero-order valence-electron chi connectivity index (χ0n) is 15.4. The summed E-state index contributed by atoms with van der Waals surface area (Å²) >= 11 is 0. The standard InChI is InChI=1S/C19H23NO5/c1-11(21)13-8-7-12(18(2,3)4)9-15(13)20-10-14-16(22)24-19(5,6)25-17(14)23/h7-10,20H,1-6H3.